The van der Waals surface area contributed by atoms with Crippen molar-refractivity contribution in [1.82, 2.24) is 23.8 Å². The third kappa shape index (κ3) is 3.18. The highest BCUT2D eigenvalue weighted by Gasteiger charge is 2.20. The van der Waals surface area contributed by atoms with Crippen LogP contribution in [0.3, 0.4) is 0 Å². The summed E-state index contributed by atoms with van der Waals surface area (Å²) >= 11 is 0. The van der Waals surface area contributed by atoms with Gasteiger partial charge < -0.3 is 13.8 Å². The zero-order valence-corrected chi connectivity index (χ0v) is 15.7. The van der Waals surface area contributed by atoms with Crippen LogP contribution in [0.25, 0.3) is 11.2 Å². The summed E-state index contributed by atoms with van der Waals surface area (Å²) in [5, 5.41) is 3.82. The molecule has 3 aromatic heterocycles. The molecule has 0 aromatic carbocycles. The van der Waals surface area contributed by atoms with Gasteiger partial charge in [0.05, 0.1) is 18.6 Å². The molecule has 0 saturated carbocycles. The first kappa shape index (κ1) is 18.6. The Hall–Kier alpha value is -3.17. The average Bonchev–Trinajstić information content (AvgIpc) is 3.21. The Morgan fingerprint density at radius 2 is 2.04 bits per heavy atom. The number of carbonyl (C=O) groups excluding carboxylic acids is 1. The number of fused-ring (bicyclic) bond motifs is 1. The van der Waals surface area contributed by atoms with Crippen LogP contribution in [0, 0.1) is 6.92 Å². The fourth-order valence-electron chi connectivity index (χ4n) is 2.97. The molecule has 0 bridgehead atoms. The standard InChI is InChI=1S/C17H21N5O5/c1-5-11-12(10(2)27-19-11)16(24)26-8-6-7-22-15(23)13-14(18-9-20(13)3)21(4)17(22)25/h9H,5-8H2,1-4H3. The van der Waals surface area contributed by atoms with Gasteiger partial charge in [-0.3, -0.25) is 13.9 Å². The van der Waals surface area contributed by atoms with Gasteiger partial charge in [-0.05, 0) is 19.8 Å². The second-order valence-corrected chi connectivity index (χ2v) is 6.23. The monoisotopic (exact) mass is 375 g/mol. The second-order valence-electron chi connectivity index (χ2n) is 6.23. The van der Waals surface area contributed by atoms with Crippen LogP contribution in [-0.4, -0.2) is 36.4 Å². The maximum absolute atomic E-state index is 12.6. The normalized spacial score (nSPS) is 11.3. The number of aromatic nitrogens is 5. The van der Waals surface area contributed by atoms with Crippen LogP contribution >= 0.6 is 0 Å². The van der Waals surface area contributed by atoms with Crippen molar-refractivity contribution in [3.8, 4) is 0 Å². The zero-order valence-electron chi connectivity index (χ0n) is 15.7. The van der Waals surface area contributed by atoms with Gasteiger partial charge >= 0.3 is 11.7 Å². The molecule has 0 saturated heterocycles. The minimum atomic E-state index is -0.520. The molecule has 0 fully saturated rings. The van der Waals surface area contributed by atoms with Gasteiger partial charge in [0.25, 0.3) is 5.56 Å². The summed E-state index contributed by atoms with van der Waals surface area (Å²) < 4.78 is 14.3. The Morgan fingerprint density at radius 1 is 1.30 bits per heavy atom. The van der Waals surface area contributed by atoms with Crippen LogP contribution in [0.1, 0.15) is 35.2 Å². The van der Waals surface area contributed by atoms with Crippen LogP contribution < -0.4 is 11.2 Å². The lowest BCUT2D eigenvalue weighted by molar-refractivity contribution is 0.0492. The third-order valence-corrected chi connectivity index (χ3v) is 4.43. The highest BCUT2D eigenvalue weighted by molar-refractivity contribution is 5.91. The van der Waals surface area contributed by atoms with E-state index in [1.165, 1.54) is 10.9 Å². The van der Waals surface area contributed by atoms with E-state index < -0.39 is 17.2 Å². The molecule has 144 valence electrons. The van der Waals surface area contributed by atoms with Crippen LogP contribution in [0.2, 0.25) is 0 Å². The molecule has 0 unspecified atom stereocenters. The first-order chi connectivity index (χ1) is 12.9. The molecule has 0 amide bonds. The Bertz CT molecular complexity index is 1120. The van der Waals surface area contributed by atoms with Crippen molar-refractivity contribution in [1.29, 1.82) is 0 Å². The van der Waals surface area contributed by atoms with Crippen molar-refractivity contribution in [3.05, 3.63) is 44.2 Å². The summed E-state index contributed by atoms with van der Waals surface area (Å²) in [6.45, 7) is 3.70. The number of esters is 1. The summed E-state index contributed by atoms with van der Waals surface area (Å²) in [5.41, 5.74) is 0.696. The van der Waals surface area contributed by atoms with Gasteiger partial charge in [0.1, 0.15) is 11.3 Å². The lowest BCUT2D eigenvalue weighted by Gasteiger charge is -2.09. The molecule has 0 spiro atoms. The first-order valence-electron chi connectivity index (χ1n) is 8.59. The summed E-state index contributed by atoms with van der Waals surface area (Å²) in [6, 6.07) is 0. The Kier molecular flexibility index (Phi) is 4.98. The van der Waals surface area contributed by atoms with E-state index >= 15 is 0 Å². The summed E-state index contributed by atoms with van der Waals surface area (Å²) in [4.78, 5) is 41.3. The molecule has 3 aromatic rings. The topological polar surface area (TPSA) is 114 Å². The van der Waals surface area contributed by atoms with Gasteiger partial charge in [-0.25, -0.2) is 14.6 Å². The van der Waals surface area contributed by atoms with E-state index in [2.05, 4.69) is 10.1 Å². The molecule has 0 aliphatic heterocycles. The van der Waals surface area contributed by atoms with Gasteiger partial charge in [0, 0.05) is 20.6 Å². The number of nitrogens with zero attached hydrogens (tertiary/aromatic N) is 5. The number of hydrogen-bond acceptors (Lipinski definition) is 7. The molecule has 10 heteroatoms. The van der Waals surface area contributed by atoms with Crippen molar-refractivity contribution < 1.29 is 14.1 Å². The molecule has 0 radical (unpaired) electrons. The lowest BCUT2D eigenvalue weighted by Crippen LogP contribution is -2.39. The fourth-order valence-corrected chi connectivity index (χ4v) is 2.97. The third-order valence-electron chi connectivity index (χ3n) is 4.43. The van der Waals surface area contributed by atoms with Crippen molar-refractivity contribution in [2.75, 3.05) is 6.61 Å². The predicted molar refractivity (Wildman–Crippen MR) is 95.7 cm³/mol. The van der Waals surface area contributed by atoms with Gasteiger partial charge in [0.15, 0.2) is 11.2 Å². The maximum Gasteiger partial charge on any atom is 0.343 e. The van der Waals surface area contributed by atoms with Crippen molar-refractivity contribution in [2.45, 2.75) is 33.2 Å². The Morgan fingerprint density at radius 3 is 2.74 bits per heavy atom. The van der Waals surface area contributed by atoms with E-state index in [4.69, 9.17) is 9.26 Å². The number of hydrogen-bond donors (Lipinski definition) is 0. The van der Waals surface area contributed by atoms with E-state index in [-0.39, 0.29) is 13.2 Å². The fraction of sp³-hybridized carbons (Fsp3) is 0.471. The van der Waals surface area contributed by atoms with Crippen LogP contribution in [0.15, 0.2) is 20.4 Å². The smallest absolute Gasteiger partial charge is 0.343 e. The minimum Gasteiger partial charge on any atom is -0.462 e. The Balaban J connectivity index is 1.72. The average molecular weight is 375 g/mol. The lowest BCUT2D eigenvalue weighted by atomic mass is 10.1. The molecule has 10 nitrogen and oxygen atoms in total. The zero-order chi connectivity index (χ0) is 19.7. The highest BCUT2D eigenvalue weighted by atomic mass is 16.5. The largest absolute Gasteiger partial charge is 0.462 e. The maximum atomic E-state index is 12.6. The van der Waals surface area contributed by atoms with Crippen LogP contribution in [0.5, 0.6) is 0 Å². The van der Waals surface area contributed by atoms with Crippen LogP contribution in [0.4, 0.5) is 0 Å². The molecule has 3 heterocycles. The molecule has 0 N–H and O–H groups in total. The van der Waals surface area contributed by atoms with Crippen molar-refractivity contribution in [2.24, 2.45) is 14.1 Å². The van der Waals surface area contributed by atoms with Crippen molar-refractivity contribution in [3.63, 3.8) is 0 Å². The van der Waals surface area contributed by atoms with E-state index in [9.17, 15) is 14.4 Å². The summed E-state index contributed by atoms with van der Waals surface area (Å²) in [5.74, 6) is -0.114. The van der Waals surface area contributed by atoms with Gasteiger partial charge in [-0.2, -0.15) is 0 Å². The molecule has 0 aliphatic carbocycles. The second kappa shape index (κ2) is 7.22. The van der Waals surface area contributed by atoms with Crippen molar-refractivity contribution >= 4 is 17.1 Å². The summed E-state index contributed by atoms with van der Waals surface area (Å²) in [6.07, 6.45) is 2.36. The Labute approximate surface area is 154 Å². The molecule has 27 heavy (non-hydrogen) atoms. The molecular formula is C17H21N5O5. The van der Waals surface area contributed by atoms with Gasteiger partial charge in [-0.1, -0.05) is 12.1 Å². The van der Waals surface area contributed by atoms with Gasteiger partial charge in [0.2, 0.25) is 0 Å². The van der Waals surface area contributed by atoms with Gasteiger partial charge in [-0.15, -0.1) is 0 Å². The van der Waals surface area contributed by atoms with E-state index in [0.29, 0.717) is 41.0 Å². The summed E-state index contributed by atoms with van der Waals surface area (Å²) in [7, 11) is 3.26. The number of rotatable bonds is 6. The highest BCUT2D eigenvalue weighted by Crippen LogP contribution is 2.15. The number of carbonyl (C=O) groups is 1. The molecule has 0 atom stereocenters. The molecule has 0 aliphatic rings. The quantitative estimate of drug-likeness (QED) is 0.456. The SMILES string of the molecule is CCc1noc(C)c1C(=O)OCCCn1c(=O)c2c(ncn2C)n(C)c1=O. The number of aryl methyl sites for hydroxylation is 4. The number of ether oxygens (including phenoxy) is 1. The van der Waals surface area contributed by atoms with E-state index in [1.807, 2.05) is 6.92 Å². The van der Waals surface area contributed by atoms with E-state index in [1.54, 1.807) is 25.6 Å². The molecule has 3 rings (SSSR count). The van der Waals surface area contributed by atoms with Crippen LogP contribution in [-0.2, 0) is 31.8 Å². The van der Waals surface area contributed by atoms with E-state index in [0.717, 1.165) is 4.57 Å². The minimum absolute atomic E-state index is 0.0611. The predicted octanol–water partition coefficient (Wildman–Crippen LogP) is 0.540. The number of imidazole rings is 1. The first-order valence-corrected chi connectivity index (χ1v) is 8.59. The molecular weight excluding hydrogens is 354 g/mol.